The average Bonchev–Trinajstić information content (AvgIpc) is 2.41. The van der Waals surface area contributed by atoms with E-state index in [0.717, 1.165) is 19.6 Å². The molecule has 56 valence electrons. The molecule has 0 aromatic carbocycles. The highest BCUT2D eigenvalue weighted by Gasteiger charge is 2.11. The van der Waals surface area contributed by atoms with E-state index in [1.807, 2.05) is 6.92 Å². The number of rotatable bonds is 2. The SMILES string of the molecule is CC#CCNC1CCNC1. The summed E-state index contributed by atoms with van der Waals surface area (Å²) in [5, 5.41) is 6.63. The Bertz CT molecular complexity index is 137. The second-order valence-electron chi connectivity index (χ2n) is 2.50. The van der Waals surface area contributed by atoms with Crippen molar-refractivity contribution in [2.75, 3.05) is 19.6 Å². The van der Waals surface area contributed by atoms with Crippen molar-refractivity contribution in [2.24, 2.45) is 0 Å². The van der Waals surface area contributed by atoms with Crippen molar-refractivity contribution in [3.63, 3.8) is 0 Å². The molecule has 0 bridgehead atoms. The largest absolute Gasteiger partial charge is 0.315 e. The molecule has 0 saturated carbocycles. The van der Waals surface area contributed by atoms with E-state index in [0.29, 0.717) is 6.04 Å². The third kappa shape index (κ3) is 2.38. The van der Waals surface area contributed by atoms with E-state index in [2.05, 4.69) is 22.5 Å². The average molecular weight is 138 g/mol. The molecule has 0 aromatic rings. The lowest BCUT2D eigenvalue weighted by Crippen LogP contribution is -2.31. The van der Waals surface area contributed by atoms with Crippen molar-refractivity contribution in [1.29, 1.82) is 0 Å². The van der Waals surface area contributed by atoms with E-state index in [4.69, 9.17) is 0 Å². The fourth-order valence-corrected chi connectivity index (χ4v) is 1.11. The van der Waals surface area contributed by atoms with Crippen LogP contribution in [-0.2, 0) is 0 Å². The molecule has 0 spiro atoms. The van der Waals surface area contributed by atoms with Gasteiger partial charge in [0.15, 0.2) is 0 Å². The number of hydrogen-bond acceptors (Lipinski definition) is 2. The maximum Gasteiger partial charge on any atom is 0.0578 e. The monoisotopic (exact) mass is 138 g/mol. The van der Waals surface area contributed by atoms with Crippen molar-refractivity contribution in [3.05, 3.63) is 0 Å². The van der Waals surface area contributed by atoms with Gasteiger partial charge in [-0.2, -0.15) is 0 Å². The Labute approximate surface area is 62.4 Å². The quantitative estimate of drug-likeness (QED) is 0.523. The predicted octanol–water partition coefficient (Wildman–Crippen LogP) is -0.0388. The van der Waals surface area contributed by atoms with Crippen LogP contribution in [-0.4, -0.2) is 25.7 Å². The molecule has 10 heavy (non-hydrogen) atoms. The molecular formula is C8H14N2. The molecule has 0 aliphatic carbocycles. The van der Waals surface area contributed by atoms with E-state index in [1.165, 1.54) is 6.42 Å². The smallest absolute Gasteiger partial charge is 0.0578 e. The van der Waals surface area contributed by atoms with Gasteiger partial charge in [0.1, 0.15) is 0 Å². The Morgan fingerprint density at radius 3 is 3.20 bits per heavy atom. The van der Waals surface area contributed by atoms with Gasteiger partial charge in [-0.25, -0.2) is 0 Å². The standard InChI is InChI=1S/C8H14N2/c1-2-3-5-10-8-4-6-9-7-8/h8-10H,4-7H2,1H3. The minimum atomic E-state index is 0.654. The minimum Gasteiger partial charge on any atom is -0.315 e. The van der Waals surface area contributed by atoms with Crippen LogP contribution in [0.2, 0.25) is 0 Å². The normalized spacial score (nSPS) is 23.9. The Balaban J connectivity index is 2.05. The molecule has 0 radical (unpaired) electrons. The van der Waals surface area contributed by atoms with Crippen molar-refractivity contribution in [2.45, 2.75) is 19.4 Å². The summed E-state index contributed by atoms with van der Waals surface area (Å²) in [7, 11) is 0. The first-order valence-electron chi connectivity index (χ1n) is 3.77. The predicted molar refractivity (Wildman–Crippen MR) is 42.7 cm³/mol. The van der Waals surface area contributed by atoms with E-state index in [-0.39, 0.29) is 0 Å². The van der Waals surface area contributed by atoms with Gasteiger partial charge in [-0.05, 0) is 19.9 Å². The third-order valence-electron chi connectivity index (χ3n) is 1.72. The zero-order chi connectivity index (χ0) is 7.23. The molecule has 1 unspecified atom stereocenters. The topological polar surface area (TPSA) is 24.1 Å². The molecule has 1 heterocycles. The van der Waals surface area contributed by atoms with Gasteiger partial charge < -0.3 is 10.6 Å². The van der Waals surface area contributed by atoms with Crippen LogP contribution in [0, 0.1) is 11.8 Å². The van der Waals surface area contributed by atoms with Gasteiger partial charge in [0.05, 0.1) is 6.54 Å². The molecule has 1 rings (SSSR count). The van der Waals surface area contributed by atoms with Crippen molar-refractivity contribution in [3.8, 4) is 11.8 Å². The molecular weight excluding hydrogens is 124 g/mol. The summed E-state index contributed by atoms with van der Waals surface area (Å²) in [6, 6.07) is 0.654. The highest BCUT2D eigenvalue weighted by atomic mass is 15.0. The molecule has 1 atom stereocenters. The second-order valence-corrected chi connectivity index (χ2v) is 2.50. The van der Waals surface area contributed by atoms with E-state index in [1.54, 1.807) is 0 Å². The van der Waals surface area contributed by atoms with Crippen LogP contribution in [0.4, 0.5) is 0 Å². The van der Waals surface area contributed by atoms with Gasteiger partial charge in [-0.15, -0.1) is 5.92 Å². The lowest BCUT2D eigenvalue weighted by atomic mass is 10.3. The zero-order valence-corrected chi connectivity index (χ0v) is 6.41. The lowest BCUT2D eigenvalue weighted by molar-refractivity contribution is 0.587. The van der Waals surface area contributed by atoms with Gasteiger partial charge in [0, 0.05) is 12.6 Å². The number of nitrogens with one attached hydrogen (secondary N) is 2. The molecule has 1 aliphatic rings. The zero-order valence-electron chi connectivity index (χ0n) is 6.41. The van der Waals surface area contributed by atoms with Gasteiger partial charge >= 0.3 is 0 Å². The summed E-state index contributed by atoms with van der Waals surface area (Å²) in [6.45, 7) is 4.96. The Kier molecular flexibility index (Phi) is 3.28. The molecule has 2 heteroatoms. The molecule has 1 saturated heterocycles. The highest BCUT2D eigenvalue weighted by molar-refractivity contribution is 4.98. The molecule has 0 aromatic heterocycles. The molecule has 2 nitrogen and oxygen atoms in total. The second kappa shape index (κ2) is 4.32. The first-order valence-corrected chi connectivity index (χ1v) is 3.77. The lowest BCUT2D eigenvalue weighted by Gasteiger charge is -2.06. The van der Waals surface area contributed by atoms with Gasteiger partial charge in [-0.1, -0.05) is 5.92 Å². The fourth-order valence-electron chi connectivity index (χ4n) is 1.11. The van der Waals surface area contributed by atoms with Crippen LogP contribution in [0.5, 0.6) is 0 Å². The summed E-state index contributed by atoms with van der Waals surface area (Å²) in [5.74, 6) is 5.84. The van der Waals surface area contributed by atoms with Crippen molar-refractivity contribution < 1.29 is 0 Å². The van der Waals surface area contributed by atoms with Crippen LogP contribution in [0.3, 0.4) is 0 Å². The minimum absolute atomic E-state index is 0.654. The highest BCUT2D eigenvalue weighted by Crippen LogP contribution is 1.94. The molecule has 1 fully saturated rings. The molecule has 1 aliphatic heterocycles. The van der Waals surface area contributed by atoms with Crippen LogP contribution >= 0.6 is 0 Å². The van der Waals surface area contributed by atoms with E-state index in [9.17, 15) is 0 Å². The maximum absolute atomic E-state index is 3.35. The van der Waals surface area contributed by atoms with Crippen LogP contribution in [0.25, 0.3) is 0 Å². The summed E-state index contributed by atoms with van der Waals surface area (Å²) >= 11 is 0. The Morgan fingerprint density at radius 1 is 1.70 bits per heavy atom. The summed E-state index contributed by atoms with van der Waals surface area (Å²) in [4.78, 5) is 0. The summed E-state index contributed by atoms with van der Waals surface area (Å²) in [5.41, 5.74) is 0. The van der Waals surface area contributed by atoms with Gasteiger partial charge in [-0.3, -0.25) is 0 Å². The van der Waals surface area contributed by atoms with Crippen LogP contribution in [0.1, 0.15) is 13.3 Å². The van der Waals surface area contributed by atoms with E-state index >= 15 is 0 Å². The third-order valence-corrected chi connectivity index (χ3v) is 1.72. The van der Waals surface area contributed by atoms with Crippen molar-refractivity contribution >= 4 is 0 Å². The summed E-state index contributed by atoms with van der Waals surface area (Å²) in [6.07, 6.45) is 1.24. The van der Waals surface area contributed by atoms with E-state index < -0.39 is 0 Å². The van der Waals surface area contributed by atoms with Crippen LogP contribution < -0.4 is 10.6 Å². The first kappa shape index (κ1) is 7.59. The Morgan fingerprint density at radius 2 is 2.60 bits per heavy atom. The Hall–Kier alpha value is -0.520. The summed E-state index contributed by atoms with van der Waals surface area (Å²) < 4.78 is 0. The van der Waals surface area contributed by atoms with Gasteiger partial charge in [0.2, 0.25) is 0 Å². The fraction of sp³-hybridized carbons (Fsp3) is 0.750. The van der Waals surface area contributed by atoms with Crippen molar-refractivity contribution in [1.82, 2.24) is 10.6 Å². The first-order chi connectivity index (χ1) is 4.93. The van der Waals surface area contributed by atoms with Crippen LogP contribution in [0.15, 0.2) is 0 Å². The molecule has 2 N–H and O–H groups in total. The van der Waals surface area contributed by atoms with Gasteiger partial charge in [0.25, 0.3) is 0 Å². The molecule has 0 amide bonds. The maximum atomic E-state index is 3.35. The number of hydrogen-bond donors (Lipinski definition) is 2.